The smallest absolute Gasteiger partial charge is 0.235 e. The van der Waals surface area contributed by atoms with E-state index < -0.39 is 0 Å². The molecule has 21 heavy (non-hydrogen) atoms. The highest BCUT2D eigenvalue weighted by atomic mass is 35.5. The van der Waals surface area contributed by atoms with Crippen LogP contribution in [0.25, 0.3) is 0 Å². The van der Waals surface area contributed by atoms with Gasteiger partial charge in [0.1, 0.15) is 11.7 Å². The molecule has 1 aromatic carbocycles. The van der Waals surface area contributed by atoms with Gasteiger partial charge in [0.25, 0.3) is 0 Å². The molecule has 0 spiro atoms. The average Bonchev–Trinajstić information content (AvgIpc) is 2.71. The number of halogens is 2. The lowest BCUT2D eigenvalue weighted by atomic mass is 9.96. The Kier molecular flexibility index (Phi) is 4.45. The molecule has 114 valence electrons. The standard InChI is InChI=1S/C16H20ClFN2O/c17-9-16(21)19-13-7-14-5-6-15(8-13)20(14)10-11-1-3-12(18)4-2-11/h1-4,13-15H,5-10H2,(H,19,21)/t13?,14-,15+. The maximum absolute atomic E-state index is 13.0. The van der Waals surface area contributed by atoms with Gasteiger partial charge in [0.15, 0.2) is 0 Å². The summed E-state index contributed by atoms with van der Waals surface area (Å²) in [7, 11) is 0. The van der Waals surface area contributed by atoms with Crippen LogP contribution in [0.15, 0.2) is 24.3 Å². The van der Waals surface area contributed by atoms with Crippen LogP contribution >= 0.6 is 11.6 Å². The maximum Gasteiger partial charge on any atom is 0.235 e. The summed E-state index contributed by atoms with van der Waals surface area (Å²) in [6, 6.07) is 8.02. The third-order valence-electron chi connectivity index (χ3n) is 4.65. The minimum absolute atomic E-state index is 0.0329. The van der Waals surface area contributed by atoms with Gasteiger partial charge in [-0.2, -0.15) is 0 Å². The first-order valence-electron chi connectivity index (χ1n) is 7.51. The molecule has 3 atom stereocenters. The minimum atomic E-state index is -0.191. The second-order valence-electron chi connectivity index (χ2n) is 6.05. The number of benzene rings is 1. The summed E-state index contributed by atoms with van der Waals surface area (Å²) < 4.78 is 13.0. The average molecular weight is 311 g/mol. The minimum Gasteiger partial charge on any atom is -0.352 e. The molecule has 2 saturated heterocycles. The highest BCUT2D eigenvalue weighted by molar-refractivity contribution is 6.27. The van der Waals surface area contributed by atoms with Crippen molar-refractivity contribution >= 4 is 17.5 Å². The Morgan fingerprint density at radius 3 is 2.43 bits per heavy atom. The fourth-order valence-corrected chi connectivity index (χ4v) is 3.79. The summed E-state index contributed by atoms with van der Waals surface area (Å²) in [6.45, 7) is 0.867. The number of carbonyl (C=O) groups is 1. The lowest BCUT2D eigenvalue weighted by Gasteiger charge is -2.39. The predicted molar refractivity (Wildman–Crippen MR) is 80.6 cm³/mol. The molecule has 2 heterocycles. The number of rotatable bonds is 4. The topological polar surface area (TPSA) is 32.3 Å². The molecule has 5 heteroatoms. The largest absolute Gasteiger partial charge is 0.352 e. The molecule has 1 amide bonds. The Labute approximate surface area is 129 Å². The van der Waals surface area contributed by atoms with Gasteiger partial charge < -0.3 is 5.32 Å². The normalized spacial score (nSPS) is 28.6. The molecule has 2 aliphatic heterocycles. The summed E-state index contributed by atoms with van der Waals surface area (Å²) in [6.07, 6.45) is 4.33. The molecule has 3 nitrogen and oxygen atoms in total. The number of fused-ring (bicyclic) bond motifs is 2. The van der Waals surface area contributed by atoms with Gasteiger partial charge in [0.2, 0.25) is 5.91 Å². The summed E-state index contributed by atoms with van der Waals surface area (Å²) in [5.41, 5.74) is 1.15. The van der Waals surface area contributed by atoms with E-state index in [2.05, 4.69) is 10.2 Å². The van der Waals surface area contributed by atoms with Gasteiger partial charge in [0.05, 0.1) is 0 Å². The number of piperidine rings is 1. The molecule has 2 bridgehead atoms. The Balaban J connectivity index is 1.62. The van der Waals surface area contributed by atoms with E-state index in [1.807, 2.05) is 12.1 Å². The lowest BCUT2D eigenvalue weighted by molar-refractivity contribution is -0.119. The second kappa shape index (κ2) is 6.32. The first kappa shape index (κ1) is 14.8. The fourth-order valence-electron chi connectivity index (χ4n) is 3.72. The summed E-state index contributed by atoms with van der Waals surface area (Å²) in [4.78, 5) is 13.9. The van der Waals surface area contributed by atoms with E-state index in [1.54, 1.807) is 0 Å². The number of carbonyl (C=O) groups excluding carboxylic acids is 1. The van der Waals surface area contributed by atoms with E-state index in [4.69, 9.17) is 11.6 Å². The van der Waals surface area contributed by atoms with E-state index in [0.29, 0.717) is 12.1 Å². The van der Waals surface area contributed by atoms with E-state index in [-0.39, 0.29) is 23.6 Å². The molecule has 2 aliphatic rings. The molecule has 0 aromatic heterocycles. The number of amides is 1. The van der Waals surface area contributed by atoms with Crippen LogP contribution in [0.1, 0.15) is 31.2 Å². The van der Waals surface area contributed by atoms with E-state index in [9.17, 15) is 9.18 Å². The van der Waals surface area contributed by atoms with E-state index in [0.717, 1.165) is 24.9 Å². The van der Waals surface area contributed by atoms with Crippen LogP contribution in [0.5, 0.6) is 0 Å². The number of alkyl halides is 1. The zero-order valence-corrected chi connectivity index (χ0v) is 12.7. The molecule has 2 fully saturated rings. The molecule has 0 saturated carbocycles. The van der Waals surface area contributed by atoms with Gasteiger partial charge >= 0.3 is 0 Å². The predicted octanol–water partition coefficient (Wildman–Crippen LogP) is 2.68. The SMILES string of the molecule is O=C(CCl)NC1C[C@H]2CC[C@@H](C1)N2Cc1ccc(F)cc1. The highest BCUT2D eigenvalue weighted by Crippen LogP contribution is 2.36. The van der Waals surface area contributed by atoms with Gasteiger partial charge in [-0.25, -0.2) is 4.39 Å². The lowest BCUT2D eigenvalue weighted by Crippen LogP contribution is -2.50. The molecule has 1 N–H and O–H groups in total. The van der Waals surface area contributed by atoms with Crippen molar-refractivity contribution in [2.45, 2.75) is 50.4 Å². The van der Waals surface area contributed by atoms with Crippen LogP contribution in [0.2, 0.25) is 0 Å². The van der Waals surface area contributed by atoms with Crippen molar-refractivity contribution in [2.24, 2.45) is 0 Å². The summed E-state index contributed by atoms with van der Waals surface area (Å²) in [5, 5.41) is 3.01. The van der Waals surface area contributed by atoms with Crippen LogP contribution < -0.4 is 5.32 Å². The van der Waals surface area contributed by atoms with Crippen LogP contribution in [0, 0.1) is 5.82 Å². The van der Waals surface area contributed by atoms with Gasteiger partial charge in [-0.15, -0.1) is 11.6 Å². The Morgan fingerprint density at radius 1 is 1.24 bits per heavy atom. The van der Waals surface area contributed by atoms with Crippen molar-refractivity contribution < 1.29 is 9.18 Å². The van der Waals surface area contributed by atoms with E-state index in [1.165, 1.54) is 25.0 Å². The quantitative estimate of drug-likeness (QED) is 0.867. The third kappa shape index (κ3) is 3.38. The van der Waals surface area contributed by atoms with Crippen molar-refractivity contribution in [3.63, 3.8) is 0 Å². The van der Waals surface area contributed by atoms with Crippen LogP contribution in [0.3, 0.4) is 0 Å². The maximum atomic E-state index is 13.0. The van der Waals surface area contributed by atoms with Gasteiger partial charge in [-0.3, -0.25) is 9.69 Å². The summed E-state index contributed by atoms with van der Waals surface area (Å²) in [5.74, 6) is -0.234. The summed E-state index contributed by atoms with van der Waals surface area (Å²) >= 11 is 5.56. The molecule has 0 aliphatic carbocycles. The monoisotopic (exact) mass is 310 g/mol. The van der Waals surface area contributed by atoms with Crippen molar-refractivity contribution in [1.82, 2.24) is 10.2 Å². The first-order valence-corrected chi connectivity index (χ1v) is 8.04. The van der Waals surface area contributed by atoms with Crippen molar-refractivity contribution in [2.75, 3.05) is 5.88 Å². The molecule has 3 rings (SSSR count). The van der Waals surface area contributed by atoms with Gasteiger partial charge in [0, 0.05) is 24.7 Å². The molecular formula is C16H20ClFN2O. The van der Waals surface area contributed by atoms with E-state index >= 15 is 0 Å². The molecule has 0 radical (unpaired) electrons. The Bertz CT molecular complexity index is 494. The van der Waals surface area contributed by atoms with Crippen molar-refractivity contribution in [3.05, 3.63) is 35.6 Å². The van der Waals surface area contributed by atoms with Crippen LogP contribution in [-0.4, -0.2) is 34.8 Å². The van der Waals surface area contributed by atoms with Crippen LogP contribution in [0.4, 0.5) is 4.39 Å². The number of hydrogen-bond acceptors (Lipinski definition) is 2. The second-order valence-corrected chi connectivity index (χ2v) is 6.32. The number of nitrogens with one attached hydrogen (secondary N) is 1. The third-order valence-corrected chi connectivity index (χ3v) is 4.89. The number of nitrogens with zero attached hydrogens (tertiary/aromatic N) is 1. The molecular weight excluding hydrogens is 291 g/mol. The fraction of sp³-hybridized carbons (Fsp3) is 0.562. The zero-order chi connectivity index (χ0) is 14.8. The molecule has 1 aromatic rings. The van der Waals surface area contributed by atoms with Crippen molar-refractivity contribution in [3.8, 4) is 0 Å². The molecule has 1 unspecified atom stereocenters. The zero-order valence-electron chi connectivity index (χ0n) is 11.9. The first-order chi connectivity index (χ1) is 10.2. The van der Waals surface area contributed by atoms with Crippen LogP contribution in [-0.2, 0) is 11.3 Å². The Morgan fingerprint density at radius 2 is 1.86 bits per heavy atom. The van der Waals surface area contributed by atoms with Gasteiger partial charge in [-0.1, -0.05) is 12.1 Å². The Hall–Kier alpha value is -1.13. The van der Waals surface area contributed by atoms with Gasteiger partial charge in [-0.05, 0) is 43.4 Å². The van der Waals surface area contributed by atoms with Crippen molar-refractivity contribution in [1.29, 1.82) is 0 Å². The highest BCUT2D eigenvalue weighted by Gasteiger charge is 2.40. The number of hydrogen-bond donors (Lipinski definition) is 1.